The molecule has 0 bridgehead atoms. The Labute approximate surface area is 169 Å². The van der Waals surface area contributed by atoms with E-state index in [4.69, 9.17) is 0 Å². The van der Waals surface area contributed by atoms with E-state index >= 15 is 0 Å². The number of likely N-dealkylation sites (N-methyl/N-ethyl adjacent to an activating group) is 1. The molecule has 2 heterocycles. The highest BCUT2D eigenvalue weighted by molar-refractivity contribution is 6.04. The number of benzene rings is 1. The summed E-state index contributed by atoms with van der Waals surface area (Å²) in [4.78, 5) is 36.8. The summed E-state index contributed by atoms with van der Waals surface area (Å²) >= 11 is 0. The summed E-state index contributed by atoms with van der Waals surface area (Å²) in [5.74, 6) is -0.790. The topological polar surface area (TPSA) is 86.6 Å². The van der Waals surface area contributed by atoms with Crippen LogP contribution in [0.25, 0.3) is 0 Å². The summed E-state index contributed by atoms with van der Waals surface area (Å²) in [6, 6.07) is 4.93. The van der Waals surface area contributed by atoms with Crippen LogP contribution in [0.5, 0.6) is 0 Å². The van der Waals surface area contributed by atoms with E-state index in [1.165, 1.54) is 35.4 Å². The highest BCUT2D eigenvalue weighted by Crippen LogP contribution is 2.37. The zero-order valence-electron chi connectivity index (χ0n) is 16.9. The number of aliphatic hydroxyl groups is 1. The van der Waals surface area contributed by atoms with Crippen LogP contribution in [0.1, 0.15) is 50.6 Å². The number of nitrogens with zero attached hydrogens (tertiary/aromatic N) is 4. The second-order valence-corrected chi connectivity index (χ2v) is 7.42. The first-order valence-corrected chi connectivity index (χ1v) is 9.61. The van der Waals surface area contributed by atoms with E-state index in [0.29, 0.717) is 29.8 Å². The van der Waals surface area contributed by atoms with Gasteiger partial charge in [-0.2, -0.15) is 0 Å². The van der Waals surface area contributed by atoms with Crippen LogP contribution in [-0.4, -0.2) is 46.4 Å². The molecule has 1 aromatic heterocycles. The lowest BCUT2D eigenvalue weighted by molar-refractivity contribution is -0.120. The van der Waals surface area contributed by atoms with Gasteiger partial charge in [0.15, 0.2) is 5.82 Å². The van der Waals surface area contributed by atoms with Gasteiger partial charge in [0, 0.05) is 13.1 Å². The quantitative estimate of drug-likeness (QED) is 0.750. The Hall–Kier alpha value is -2.87. The third-order valence-electron chi connectivity index (χ3n) is 5.27. The third kappa shape index (κ3) is 3.72. The van der Waals surface area contributed by atoms with Crippen LogP contribution in [0.3, 0.4) is 0 Å². The molecule has 3 atom stereocenters. The predicted octanol–water partition coefficient (Wildman–Crippen LogP) is 2.60. The minimum absolute atomic E-state index is 0.00389. The van der Waals surface area contributed by atoms with E-state index in [2.05, 4.69) is 9.97 Å². The van der Waals surface area contributed by atoms with Gasteiger partial charge in [0.2, 0.25) is 5.91 Å². The minimum atomic E-state index is -1.22. The molecule has 3 rings (SSSR count). The number of fused-ring (bicyclic) bond motifs is 1. The van der Waals surface area contributed by atoms with Crippen LogP contribution in [0.15, 0.2) is 30.5 Å². The summed E-state index contributed by atoms with van der Waals surface area (Å²) in [5.41, 5.74) is 0.947. The van der Waals surface area contributed by atoms with Gasteiger partial charge < -0.3 is 19.7 Å². The van der Waals surface area contributed by atoms with Crippen LogP contribution >= 0.6 is 0 Å². The van der Waals surface area contributed by atoms with Crippen LogP contribution < -0.4 is 9.80 Å². The lowest BCUT2D eigenvalue weighted by atomic mass is 9.96. The maximum atomic E-state index is 13.2. The van der Waals surface area contributed by atoms with Crippen molar-refractivity contribution in [3.05, 3.63) is 47.7 Å². The van der Waals surface area contributed by atoms with Crippen LogP contribution in [0.4, 0.5) is 15.9 Å². The first-order valence-electron chi connectivity index (χ1n) is 9.61. The molecule has 8 heteroatoms. The molecule has 29 heavy (non-hydrogen) atoms. The number of hydrogen-bond donors (Lipinski definition) is 1. The van der Waals surface area contributed by atoms with Gasteiger partial charge in [-0.25, -0.2) is 14.4 Å². The summed E-state index contributed by atoms with van der Waals surface area (Å²) in [7, 11) is 1.68. The zero-order chi connectivity index (χ0) is 21.3. The number of anilines is 2. The average molecular weight is 400 g/mol. The Kier molecular flexibility index (Phi) is 5.93. The molecule has 0 radical (unpaired) electrons. The number of amides is 1. The molecule has 0 saturated heterocycles. The van der Waals surface area contributed by atoms with Gasteiger partial charge in [-0.1, -0.05) is 19.1 Å². The normalized spacial score (nSPS) is 18.6. The summed E-state index contributed by atoms with van der Waals surface area (Å²) < 4.78 is 13.2. The Morgan fingerprint density at radius 1 is 1.28 bits per heavy atom. The monoisotopic (exact) mass is 400 g/mol. The van der Waals surface area contributed by atoms with E-state index in [-0.39, 0.29) is 23.8 Å². The largest absolute Gasteiger partial charge is 0.387 e. The number of aldehydes is 1. The van der Waals surface area contributed by atoms with E-state index in [1.54, 1.807) is 7.05 Å². The van der Waals surface area contributed by atoms with E-state index in [0.717, 1.165) is 0 Å². The van der Waals surface area contributed by atoms with E-state index < -0.39 is 17.8 Å². The van der Waals surface area contributed by atoms with Crippen molar-refractivity contribution in [2.75, 3.05) is 16.8 Å². The smallest absolute Gasteiger partial charge is 0.249 e. The third-order valence-corrected chi connectivity index (χ3v) is 5.27. The first-order chi connectivity index (χ1) is 13.8. The van der Waals surface area contributed by atoms with E-state index in [1.807, 2.05) is 25.7 Å². The molecule has 1 aliphatic heterocycles. The lowest BCUT2D eigenvalue weighted by Crippen LogP contribution is -2.55. The minimum Gasteiger partial charge on any atom is -0.387 e. The first kappa shape index (κ1) is 20.9. The van der Waals surface area contributed by atoms with Gasteiger partial charge in [0.1, 0.15) is 35.6 Å². The molecule has 2 aromatic rings. The van der Waals surface area contributed by atoms with Crippen molar-refractivity contribution in [3.8, 4) is 0 Å². The highest BCUT2D eigenvalue weighted by atomic mass is 19.1. The number of halogens is 1. The highest BCUT2D eigenvalue weighted by Gasteiger charge is 2.39. The maximum absolute atomic E-state index is 13.2. The number of hydrogen-bond acceptors (Lipinski definition) is 6. The van der Waals surface area contributed by atoms with Crippen molar-refractivity contribution in [2.24, 2.45) is 0 Å². The van der Waals surface area contributed by atoms with Gasteiger partial charge in [-0.3, -0.25) is 4.79 Å². The number of carbonyl (C=O) groups is 2. The van der Waals surface area contributed by atoms with Crippen molar-refractivity contribution in [3.63, 3.8) is 0 Å². The molecule has 3 unspecified atom stereocenters. The van der Waals surface area contributed by atoms with Crippen LogP contribution in [0.2, 0.25) is 0 Å². The number of carbonyl (C=O) groups excluding carboxylic acids is 2. The molecule has 7 nitrogen and oxygen atoms in total. The molecule has 154 valence electrons. The lowest BCUT2D eigenvalue weighted by Gasteiger charge is -2.42. The van der Waals surface area contributed by atoms with Gasteiger partial charge in [0.25, 0.3) is 0 Å². The Bertz CT molecular complexity index is 903. The zero-order valence-corrected chi connectivity index (χ0v) is 16.9. The molecule has 1 aromatic carbocycles. The van der Waals surface area contributed by atoms with Crippen molar-refractivity contribution >= 4 is 23.7 Å². The summed E-state index contributed by atoms with van der Waals surface area (Å²) in [5, 5.41) is 10.7. The second kappa shape index (κ2) is 8.24. The Morgan fingerprint density at radius 2 is 1.93 bits per heavy atom. The molecule has 0 fully saturated rings. The van der Waals surface area contributed by atoms with E-state index in [9.17, 15) is 19.1 Å². The molecule has 0 aliphatic carbocycles. The molecule has 1 N–H and O–H groups in total. The fourth-order valence-corrected chi connectivity index (χ4v) is 3.70. The SMILES string of the molecule is CCC1C(=O)N(C)c2cnc(C(C=O)C(O)c3ccc(F)cc3)nc2N1C(C)C. The molecule has 1 aliphatic rings. The Balaban J connectivity index is 2.05. The molecular formula is C21H25FN4O3. The van der Waals surface area contributed by atoms with Crippen LogP contribution in [0, 0.1) is 5.82 Å². The molecule has 0 saturated carbocycles. The van der Waals surface area contributed by atoms with Gasteiger partial charge in [0.05, 0.1) is 12.3 Å². The van der Waals surface area contributed by atoms with Crippen LogP contribution in [-0.2, 0) is 9.59 Å². The van der Waals surface area contributed by atoms with Crippen molar-refractivity contribution in [1.82, 2.24) is 9.97 Å². The number of aromatic nitrogens is 2. The summed E-state index contributed by atoms with van der Waals surface area (Å²) in [6.45, 7) is 5.88. The molecular weight excluding hydrogens is 375 g/mol. The number of rotatable bonds is 6. The van der Waals surface area contributed by atoms with Gasteiger partial charge in [-0.05, 0) is 38.0 Å². The number of aliphatic hydroxyl groups excluding tert-OH is 1. The molecule has 0 spiro atoms. The molecule has 1 amide bonds. The predicted molar refractivity (Wildman–Crippen MR) is 107 cm³/mol. The fraction of sp³-hybridized carbons (Fsp3) is 0.429. The standard InChI is InChI=1S/C21H25FN4O3/c1-5-16-21(29)25(4)17-10-23-19(24-20(17)26(16)12(2)3)15(11-27)18(28)13-6-8-14(22)9-7-13/h6-12,15-16,18,28H,5H2,1-4H3. The maximum Gasteiger partial charge on any atom is 0.249 e. The van der Waals surface area contributed by atoms with Crippen molar-refractivity contribution in [2.45, 2.75) is 51.3 Å². The van der Waals surface area contributed by atoms with Crippen molar-refractivity contribution in [1.29, 1.82) is 0 Å². The fourth-order valence-electron chi connectivity index (χ4n) is 3.70. The van der Waals surface area contributed by atoms with Gasteiger partial charge in [-0.15, -0.1) is 0 Å². The van der Waals surface area contributed by atoms with Gasteiger partial charge >= 0.3 is 0 Å². The summed E-state index contributed by atoms with van der Waals surface area (Å²) in [6.07, 6.45) is 1.48. The second-order valence-electron chi connectivity index (χ2n) is 7.42. The average Bonchev–Trinajstić information content (AvgIpc) is 2.71. The van der Waals surface area contributed by atoms with Crippen molar-refractivity contribution < 1.29 is 19.1 Å². The Morgan fingerprint density at radius 3 is 2.48 bits per heavy atom.